The minimum Gasteiger partial charge on any atom is -0.378 e. The van der Waals surface area contributed by atoms with Crippen LogP contribution in [0.1, 0.15) is 24.6 Å². The minimum atomic E-state index is -0.590. The molecule has 3 rings (SSSR count). The highest BCUT2D eigenvalue weighted by Crippen LogP contribution is 2.17. The molecular weight excluding hydrogens is 354 g/mol. The Bertz CT molecular complexity index is 906. The predicted molar refractivity (Wildman–Crippen MR) is 109 cm³/mol. The van der Waals surface area contributed by atoms with Crippen molar-refractivity contribution in [3.8, 4) is 11.4 Å². The van der Waals surface area contributed by atoms with Gasteiger partial charge in [-0.2, -0.15) is 4.80 Å². The quantitative estimate of drug-likeness (QED) is 0.649. The molecule has 0 spiro atoms. The number of carbonyl (C=O) groups excluding carboxylic acids is 1. The lowest BCUT2D eigenvalue weighted by Crippen LogP contribution is -2.36. The van der Waals surface area contributed by atoms with Gasteiger partial charge in [-0.25, -0.2) is 0 Å². The molecule has 2 atom stereocenters. The number of nitrogens with zero attached hydrogens (tertiary/aromatic N) is 5. The lowest BCUT2D eigenvalue weighted by Gasteiger charge is -2.17. The molecule has 3 aromatic rings. The van der Waals surface area contributed by atoms with E-state index < -0.39 is 6.04 Å². The molecule has 2 unspecified atom stereocenters. The van der Waals surface area contributed by atoms with Gasteiger partial charge >= 0.3 is 0 Å². The van der Waals surface area contributed by atoms with E-state index in [1.54, 1.807) is 6.92 Å². The van der Waals surface area contributed by atoms with Gasteiger partial charge in [-0.3, -0.25) is 4.79 Å². The van der Waals surface area contributed by atoms with Crippen LogP contribution in [0, 0.1) is 0 Å². The zero-order valence-corrected chi connectivity index (χ0v) is 16.3. The molecule has 0 aliphatic heterocycles. The largest absolute Gasteiger partial charge is 0.378 e. The van der Waals surface area contributed by atoms with Crippen LogP contribution in [0.25, 0.3) is 11.4 Å². The molecule has 0 saturated carbocycles. The minimum absolute atomic E-state index is 0.211. The Kier molecular flexibility index (Phi) is 6.00. The highest BCUT2D eigenvalue weighted by Gasteiger charge is 2.19. The lowest BCUT2D eigenvalue weighted by molar-refractivity contribution is -0.124. The zero-order valence-electron chi connectivity index (χ0n) is 16.3. The van der Waals surface area contributed by atoms with Crippen LogP contribution in [-0.2, 0) is 4.79 Å². The zero-order chi connectivity index (χ0) is 20.1. The Hall–Kier alpha value is -3.26. The van der Waals surface area contributed by atoms with Gasteiger partial charge in [-0.15, -0.1) is 10.2 Å². The van der Waals surface area contributed by atoms with E-state index in [1.807, 2.05) is 73.6 Å². The maximum atomic E-state index is 12.5. The van der Waals surface area contributed by atoms with Crippen LogP contribution in [0.15, 0.2) is 54.6 Å². The Balaban J connectivity index is 1.58. The molecule has 0 saturated heterocycles. The lowest BCUT2D eigenvalue weighted by atomic mass is 10.1. The number of benzene rings is 2. The van der Waals surface area contributed by atoms with Crippen LogP contribution in [0.5, 0.6) is 0 Å². The van der Waals surface area contributed by atoms with Crippen molar-refractivity contribution in [1.82, 2.24) is 25.5 Å². The van der Waals surface area contributed by atoms with Crippen molar-refractivity contribution in [2.24, 2.45) is 5.73 Å². The van der Waals surface area contributed by atoms with E-state index in [1.165, 1.54) is 4.80 Å². The van der Waals surface area contributed by atoms with Gasteiger partial charge in [0.2, 0.25) is 11.7 Å². The van der Waals surface area contributed by atoms with E-state index in [4.69, 9.17) is 5.73 Å². The molecule has 1 heterocycles. The van der Waals surface area contributed by atoms with Crippen molar-refractivity contribution in [3.63, 3.8) is 0 Å². The van der Waals surface area contributed by atoms with Gasteiger partial charge in [-0.05, 0) is 29.8 Å². The van der Waals surface area contributed by atoms with Crippen LogP contribution in [0.2, 0.25) is 0 Å². The Labute approximate surface area is 164 Å². The van der Waals surface area contributed by atoms with Crippen molar-refractivity contribution in [2.45, 2.75) is 19.0 Å². The molecule has 8 heteroatoms. The van der Waals surface area contributed by atoms with Crippen LogP contribution in [0.4, 0.5) is 5.69 Å². The van der Waals surface area contributed by atoms with Crippen molar-refractivity contribution in [2.75, 3.05) is 25.5 Å². The average Bonchev–Trinajstić information content (AvgIpc) is 3.22. The Morgan fingerprint density at radius 3 is 2.46 bits per heavy atom. The van der Waals surface area contributed by atoms with Crippen LogP contribution >= 0.6 is 0 Å². The number of rotatable bonds is 7. The summed E-state index contributed by atoms with van der Waals surface area (Å²) in [6.07, 6.45) is 0. The highest BCUT2D eigenvalue weighted by atomic mass is 16.2. The first-order chi connectivity index (χ1) is 13.5. The number of carbonyl (C=O) groups is 1. The van der Waals surface area contributed by atoms with E-state index >= 15 is 0 Å². The summed E-state index contributed by atoms with van der Waals surface area (Å²) >= 11 is 0. The molecule has 0 fully saturated rings. The number of anilines is 1. The van der Waals surface area contributed by atoms with E-state index in [2.05, 4.69) is 20.7 Å². The van der Waals surface area contributed by atoms with Crippen molar-refractivity contribution in [1.29, 1.82) is 0 Å². The molecule has 28 heavy (non-hydrogen) atoms. The maximum absolute atomic E-state index is 12.5. The van der Waals surface area contributed by atoms with Crippen molar-refractivity contribution in [3.05, 3.63) is 60.2 Å². The third-order valence-electron chi connectivity index (χ3n) is 4.52. The van der Waals surface area contributed by atoms with Crippen LogP contribution in [0.3, 0.4) is 0 Å². The molecule has 1 aromatic heterocycles. The molecule has 3 N–H and O–H groups in total. The van der Waals surface area contributed by atoms with E-state index in [0.29, 0.717) is 12.4 Å². The third kappa shape index (κ3) is 4.52. The normalized spacial score (nSPS) is 13.0. The van der Waals surface area contributed by atoms with Gasteiger partial charge in [0.25, 0.3) is 0 Å². The summed E-state index contributed by atoms with van der Waals surface area (Å²) in [4.78, 5) is 15.8. The fourth-order valence-corrected chi connectivity index (χ4v) is 2.69. The summed E-state index contributed by atoms with van der Waals surface area (Å²) < 4.78 is 0. The second kappa shape index (κ2) is 8.62. The first-order valence-electron chi connectivity index (χ1n) is 9.11. The highest BCUT2D eigenvalue weighted by molar-refractivity contribution is 5.79. The molecular formula is C20H25N7O. The first-order valence-corrected chi connectivity index (χ1v) is 9.11. The smallest absolute Gasteiger partial charge is 0.246 e. The SMILES string of the molecule is CC(C(=O)NCC(N)c1ccc(N(C)C)cc1)n1nnc(-c2ccccc2)n1. The van der Waals surface area contributed by atoms with Gasteiger partial charge in [-0.1, -0.05) is 42.5 Å². The van der Waals surface area contributed by atoms with E-state index in [9.17, 15) is 4.79 Å². The van der Waals surface area contributed by atoms with Crippen LogP contribution < -0.4 is 16.0 Å². The van der Waals surface area contributed by atoms with Gasteiger partial charge < -0.3 is 16.0 Å². The fraction of sp³-hybridized carbons (Fsp3) is 0.300. The summed E-state index contributed by atoms with van der Waals surface area (Å²) in [6, 6.07) is 16.6. The predicted octanol–water partition coefficient (Wildman–Crippen LogP) is 1.78. The maximum Gasteiger partial charge on any atom is 0.246 e. The van der Waals surface area contributed by atoms with Crippen molar-refractivity contribution < 1.29 is 4.79 Å². The number of hydrogen-bond acceptors (Lipinski definition) is 6. The third-order valence-corrected chi connectivity index (χ3v) is 4.52. The number of aromatic nitrogens is 4. The molecule has 1 amide bonds. The summed E-state index contributed by atoms with van der Waals surface area (Å²) in [5.41, 5.74) is 9.12. The molecule has 146 valence electrons. The molecule has 2 aromatic carbocycles. The molecule has 0 aliphatic carbocycles. The average molecular weight is 379 g/mol. The second-order valence-corrected chi connectivity index (χ2v) is 6.81. The fourth-order valence-electron chi connectivity index (χ4n) is 2.69. The number of amides is 1. The Morgan fingerprint density at radius 2 is 1.82 bits per heavy atom. The second-order valence-electron chi connectivity index (χ2n) is 6.81. The van der Waals surface area contributed by atoms with E-state index in [0.717, 1.165) is 16.8 Å². The molecule has 8 nitrogen and oxygen atoms in total. The molecule has 0 bridgehead atoms. The Morgan fingerprint density at radius 1 is 1.14 bits per heavy atom. The molecule has 0 radical (unpaired) electrons. The van der Waals surface area contributed by atoms with Gasteiger partial charge in [0.15, 0.2) is 0 Å². The van der Waals surface area contributed by atoms with E-state index in [-0.39, 0.29) is 11.9 Å². The monoisotopic (exact) mass is 379 g/mol. The van der Waals surface area contributed by atoms with Gasteiger partial charge in [0.05, 0.1) is 0 Å². The van der Waals surface area contributed by atoms with Gasteiger partial charge in [0, 0.05) is 37.9 Å². The summed E-state index contributed by atoms with van der Waals surface area (Å²) in [6.45, 7) is 2.05. The number of hydrogen-bond donors (Lipinski definition) is 2. The standard InChI is InChI=1S/C20H25N7O/c1-14(27-24-19(23-25-27)16-7-5-4-6-8-16)20(28)22-13-18(21)15-9-11-17(12-10-15)26(2)3/h4-12,14,18H,13,21H2,1-3H3,(H,22,28). The van der Waals surface area contributed by atoms with Gasteiger partial charge in [0.1, 0.15) is 6.04 Å². The number of tetrazole rings is 1. The summed E-state index contributed by atoms with van der Waals surface area (Å²) in [5, 5.41) is 15.2. The summed E-state index contributed by atoms with van der Waals surface area (Å²) in [5.74, 6) is 0.273. The number of nitrogens with two attached hydrogens (primary N) is 1. The van der Waals surface area contributed by atoms with Crippen LogP contribution in [-0.4, -0.2) is 46.8 Å². The topological polar surface area (TPSA) is 102 Å². The summed E-state index contributed by atoms with van der Waals surface area (Å²) in [7, 11) is 3.97. The number of nitrogens with one attached hydrogen (secondary N) is 1. The van der Waals surface area contributed by atoms with Crippen molar-refractivity contribution >= 4 is 11.6 Å². The first kappa shape index (κ1) is 19.5. The molecule has 0 aliphatic rings.